The average Bonchev–Trinajstić information content (AvgIpc) is 2.81. The molecular weight excluding hydrogens is 250 g/mol. The second-order valence-electron chi connectivity index (χ2n) is 6.14. The first-order valence-corrected chi connectivity index (χ1v) is 7.10. The number of aromatic nitrogens is 2. The molecule has 0 bridgehead atoms. The third kappa shape index (κ3) is 2.64. The Morgan fingerprint density at radius 1 is 1.25 bits per heavy atom. The van der Waals surface area contributed by atoms with E-state index >= 15 is 0 Å². The Kier molecular flexibility index (Phi) is 3.16. The van der Waals surface area contributed by atoms with Crippen molar-refractivity contribution < 1.29 is 4.74 Å². The van der Waals surface area contributed by atoms with E-state index in [2.05, 4.69) is 27.0 Å². The Labute approximate surface area is 119 Å². The van der Waals surface area contributed by atoms with E-state index in [1.54, 1.807) is 0 Å². The van der Waals surface area contributed by atoms with Gasteiger partial charge in [0.25, 0.3) is 0 Å². The number of pyridine rings is 1. The zero-order valence-corrected chi connectivity index (χ0v) is 12.3. The Bertz CT molecular complexity index is 637. The fraction of sp³-hybridized carbons (Fsp3) is 0.438. The second-order valence-corrected chi connectivity index (χ2v) is 6.14. The van der Waals surface area contributed by atoms with Crippen molar-refractivity contribution in [2.45, 2.75) is 32.8 Å². The molecule has 106 valence electrons. The third-order valence-electron chi connectivity index (χ3n) is 3.29. The van der Waals surface area contributed by atoms with Gasteiger partial charge < -0.3 is 14.6 Å². The van der Waals surface area contributed by atoms with Crippen LogP contribution in [0.15, 0.2) is 30.5 Å². The molecule has 0 aliphatic carbocycles. The van der Waals surface area contributed by atoms with Crippen molar-refractivity contribution >= 4 is 16.7 Å². The van der Waals surface area contributed by atoms with Crippen LogP contribution in [0.1, 0.15) is 27.2 Å². The van der Waals surface area contributed by atoms with Gasteiger partial charge in [-0.3, -0.25) is 0 Å². The summed E-state index contributed by atoms with van der Waals surface area (Å²) < 4.78 is 5.86. The lowest BCUT2D eigenvalue weighted by Gasteiger charge is -2.24. The lowest BCUT2D eigenvalue weighted by Crippen LogP contribution is -2.26. The van der Waals surface area contributed by atoms with E-state index in [1.165, 1.54) is 0 Å². The summed E-state index contributed by atoms with van der Waals surface area (Å²) in [4.78, 5) is 10.3. The van der Waals surface area contributed by atoms with Gasteiger partial charge in [0.2, 0.25) is 5.88 Å². The molecule has 4 heteroatoms. The van der Waals surface area contributed by atoms with Gasteiger partial charge in [0.15, 0.2) is 0 Å². The standard InChI is InChI=1S/C16H21N3O/c1-16(2,3)20-14-8-7-12-15(18-14)13(11-17-12)19-9-5-4-6-10-19/h4-5,7-8,11,17H,6,9-10H2,1-3H3. The molecule has 0 amide bonds. The van der Waals surface area contributed by atoms with Crippen LogP contribution < -0.4 is 9.64 Å². The summed E-state index contributed by atoms with van der Waals surface area (Å²) in [7, 11) is 0. The van der Waals surface area contributed by atoms with Gasteiger partial charge in [-0.05, 0) is 33.3 Å². The first kappa shape index (κ1) is 13.0. The topological polar surface area (TPSA) is 41.1 Å². The van der Waals surface area contributed by atoms with E-state index in [-0.39, 0.29) is 5.60 Å². The molecule has 1 N–H and O–H groups in total. The van der Waals surface area contributed by atoms with Gasteiger partial charge in [-0.25, -0.2) is 4.98 Å². The summed E-state index contributed by atoms with van der Waals surface area (Å²) in [6.07, 6.45) is 7.56. The van der Waals surface area contributed by atoms with Crippen molar-refractivity contribution in [1.29, 1.82) is 0 Å². The first-order valence-electron chi connectivity index (χ1n) is 7.10. The van der Waals surface area contributed by atoms with Crippen LogP contribution in [0.25, 0.3) is 11.0 Å². The van der Waals surface area contributed by atoms with E-state index in [0.717, 1.165) is 36.2 Å². The number of hydrogen-bond donors (Lipinski definition) is 1. The predicted molar refractivity (Wildman–Crippen MR) is 82.4 cm³/mol. The third-order valence-corrected chi connectivity index (χ3v) is 3.29. The van der Waals surface area contributed by atoms with Crippen LogP contribution in [0, 0.1) is 0 Å². The summed E-state index contributed by atoms with van der Waals surface area (Å²) in [5, 5.41) is 0. The maximum atomic E-state index is 5.86. The molecular formula is C16H21N3O. The lowest BCUT2D eigenvalue weighted by molar-refractivity contribution is 0.124. The van der Waals surface area contributed by atoms with E-state index in [0.29, 0.717) is 5.88 Å². The minimum absolute atomic E-state index is 0.231. The monoisotopic (exact) mass is 271 g/mol. The van der Waals surface area contributed by atoms with E-state index < -0.39 is 0 Å². The van der Waals surface area contributed by atoms with Crippen LogP contribution >= 0.6 is 0 Å². The van der Waals surface area contributed by atoms with Crippen LogP contribution in [0.5, 0.6) is 5.88 Å². The second kappa shape index (κ2) is 4.85. The maximum absolute atomic E-state index is 5.86. The normalized spacial score (nSPS) is 15.8. The fourth-order valence-electron chi connectivity index (χ4n) is 2.44. The Morgan fingerprint density at radius 3 is 2.80 bits per heavy atom. The Morgan fingerprint density at radius 2 is 2.10 bits per heavy atom. The van der Waals surface area contributed by atoms with Crippen LogP contribution in [0.4, 0.5) is 5.69 Å². The number of anilines is 1. The Balaban J connectivity index is 1.97. The average molecular weight is 271 g/mol. The van der Waals surface area contributed by atoms with Gasteiger partial charge in [0, 0.05) is 25.4 Å². The summed E-state index contributed by atoms with van der Waals surface area (Å²) in [6, 6.07) is 3.96. The van der Waals surface area contributed by atoms with Gasteiger partial charge in [-0.15, -0.1) is 0 Å². The van der Waals surface area contributed by atoms with Crippen LogP contribution in [0.2, 0.25) is 0 Å². The molecule has 1 aliphatic rings. The van der Waals surface area contributed by atoms with Crippen LogP contribution in [-0.2, 0) is 0 Å². The molecule has 20 heavy (non-hydrogen) atoms. The SMILES string of the molecule is CC(C)(C)Oc1ccc2[nH]cc(N3CC=CCC3)c2n1. The number of hydrogen-bond acceptors (Lipinski definition) is 3. The van der Waals surface area contributed by atoms with Gasteiger partial charge in [0.05, 0.1) is 11.2 Å². The molecule has 3 heterocycles. The maximum Gasteiger partial charge on any atom is 0.214 e. The molecule has 0 saturated heterocycles. The van der Waals surface area contributed by atoms with Gasteiger partial charge in [-0.2, -0.15) is 0 Å². The number of rotatable bonds is 2. The zero-order chi connectivity index (χ0) is 14.2. The molecule has 2 aromatic rings. The molecule has 2 aromatic heterocycles. The van der Waals surface area contributed by atoms with Crippen molar-refractivity contribution in [2.75, 3.05) is 18.0 Å². The summed E-state index contributed by atoms with van der Waals surface area (Å²) >= 11 is 0. The van der Waals surface area contributed by atoms with Gasteiger partial charge in [-0.1, -0.05) is 12.2 Å². The molecule has 0 saturated carbocycles. The van der Waals surface area contributed by atoms with Crippen LogP contribution in [0.3, 0.4) is 0 Å². The molecule has 1 aliphatic heterocycles. The molecule has 0 aromatic carbocycles. The van der Waals surface area contributed by atoms with Crippen molar-refractivity contribution in [2.24, 2.45) is 0 Å². The molecule has 0 radical (unpaired) electrons. The lowest BCUT2D eigenvalue weighted by atomic mass is 10.2. The van der Waals surface area contributed by atoms with Crippen molar-refractivity contribution in [3.8, 4) is 5.88 Å². The van der Waals surface area contributed by atoms with Gasteiger partial charge in [0.1, 0.15) is 11.1 Å². The quantitative estimate of drug-likeness (QED) is 0.850. The highest BCUT2D eigenvalue weighted by Crippen LogP contribution is 2.29. The number of aromatic amines is 1. The number of fused-ring (bicyclic) bond motifs is 1. The minimum Gasteiger partial charge on any atom is -0.472 e. The van der Waals surface area contributed by atoms with Gasteiger partial charge >= 0.3 is 0 Å². The number of nitrogens with one attached hydrogen (secondary N) is 1. The van der Waals surface area contributed by atoms with E-state index in [1.807, 2.05) is 39.1 Å². The Hall–Kier alpha value is -1.97. The highest BCUT2D eigenvalue weighted by atomic mass is 16.5. The van der Waals surface area contributed by atoms with Crippen molar-refractivity contribution in [3.63, 3.8) is 0 Å². The smallest absolute Gasteiger partial charge is 0.214 e. The number of H-pyrrole nitrogens is 1. The molecule has 0 spiro atoms. The summed E-state index contributed by atoms with van der Waals surface area (Å²) in [6.45, 7) is 8.08. The number of ether oxygens (including phenoxy) is 1. The highest BCUT2D eigenvalue weighted by molar-refractivity contribution is 5.89. The molecule has 4 nitrogen and oxygen atoms in total. The molecule has 0 unspecified atom stereocenters. The first-order chi connectivity index (χ1) is 9.53. The number of nitrogens with zero attached hydrogens (tertiary/aromatic N) is 2. The summed E-state index contributed by atoms with van der Waals surface area (Å²) in [5.41, 5.74) is 2.96. The van der Waals surface area contributed by atoms with Crippen molar-refractivity contribution in [3.05, 3.63) is 30.5 Å². The van der Waals surface area contributed by atoms with E-state index in [4.69, 9.17) is 4.74 Å². The van der Waals surface area contributed by atoms with E-state index in [9.17, 15) is 0 Å². The predicted octanol–water partition coefficient (Wildman–Crippen LogP) is 3.51. The van der Waals surface area contributed by atoms with Crippen LogP contribution in [-0.4, -0.2) is 28.7 Å². The van der Waals surface area contributed by atoms with Crippen molar-refractivity contribution in [1.82, 2.24) is 9.97 Å². The minimum atomic E-state index is -0.231. The molecule has 3 rings (SSSR count). The fourth-order valence-corrected chi connectivity index (χ4v) is 2.44. The highest BCUT2D eigenvalue weighted by Gasteiger charge is 2.17. The molecule has 0 fully saturated rings. The largest absolute Gasteiger partial charge is 0.472 e. The zero-order valence-electron chi connectivity index (χ0n) is 12.3. The summed E-state index contributed by atoms with van der Waals surface area (Å²) in [5.74, 6) is 0.679. The molecule has 0 atom stereocenters.